The number of nitrogens with two attached hydrogens (primary N) is 1. The normalized spacial score (nSPS) is 10.2. The maximum atomic E-state index is 12.9. The van der Waals surface area contributed by atoms with Gasteiger partial charge in [0.25, 0.3) is 0 Å². The van der Waals surface area contributed by atoms with Crippen LogP contribution in [0.2, 0.25) is 0 Å². The van der Waals surface area contributed by atoms with E-state index >= 15 is 0 Å². The Morgan fingerprint density at radius 2 is 1.88 bits per heavy atom. The number of anilines is 3. The standard InChI is InChI=1S/C13H14FN3/c1-2-17(11-5-3-10(14)4-6-11)12-7-8-16-13(15)9-12/h3-9H,2H2,1H3,(H2,15,16). The van der Waals surface area contributed by atoms with Gasteiger partial charge in [-0.25, -0.2) is 9.37 Å². The number of pyridine rings is 1. The van der Waals surface area contributed by atoms with Crippen LogP contribution in [0, 0.1) is 5.82 Å². The molecule has 1 aromatic heterocycles. The van der Waals surface area contributed by atoms with Crippen LogP contribution in [-0.4, -0.2) is 11.5 Å². The van der Waals surface area contributed by atoms with E-state index in [4.69, 9.17) is 5.73 Å². The first-order valence-corrected chi connectivity index (χ1v) is 5.45. The maximum absolute atomic E-state index is 12.9. The average molecular weight is 231 g/mol. The third kappa shape index (κ3) is 2.53. The van der Waals surface area contributed by atoms with Gasteiger partial charge in [0.1, 0.15) is 11.6 Å². The number of hydrogen-bond donors (Lipinski definition) is 1. The van der Waals surface area contributed by atoms with Crippen molar-refractivity contribution in [2.45, 2.75) is 6.92 Å². The molecule has 17 heavy (non-hydrogen) atoms. The van der Waals surface area contributed by atoms with Gasteiger partial charge in [0.2, 0.25) is 0 Å². The first kappa shape index (κ1) is 11.4. The molecule has 0 fully saturated rings. The highest BCUT2D eigenvalue weighted by molar-refractivity contribution is 5.64. The lowest BCUT2D eigenvalue weighted by Crippen LogP contribution is -2.16. The van der Waals surface area contributed by atoms with Crippen molar-refractivity contribution in [3.63, 3.8) is 0 Å². The number of nitrogen functional groups attached to an aromatic ring is 1. The van der Waals surface area contributed by atoms with E-state index in [1.807, 2.05) is 17.9 Å². The van der Waals surface area contributed by atoms with E-state index in [-0.39, 0.29) is 5.82 Å². The second kappa shape index (κ2) is 4.82. The summed E-state index contributed by atoms with van der Waals surface area (Å²) >= 11 is 0. The van der Waals surface area contributed by atoms with Crippen molar-refractivity contribution < 1.29 is 4.39 Å². The Balaban J connectivity index is 2.36. The summed E-state index contributed by atoms with van der Waals surface area (Å²) in [5.41, 5.74) is 7.54. The van der Waals surface area contributed by atoms with E-state index in [0.29, 0.717) is 5.82 Å². The van der Waals surface area contributed by atoms with Crippen LogP contribution in [0.4, 0.5) is 21.6 Å². The Kier molecular flexibility index (Phi) is 3.23. The van der Waals surface area contributed by atoms with Gasteiger partial charge in [-0.05, 0) is 37.3 Å². The van der Waals surface area contributed by atoms with Gasteiger partial charge in [-0.2, -0.15) is 0 Å². The van der Waals surface area contributed by atoms with E-state index in [2.05, 4.69) is 4.98 Å². The first-order chi connectivity index (χ1) is 8.20. The van der Waals surface area contributed by atoms with Crippen molar-refractivity contribution in [2.75, 3.05) is 17.2 Å². The average Bonchev–Trinajstić information content (AvgIpc) is 2.33. The maximum Gasteiger partial charge on any atom is 0.125 e. The van der Waals surface area contributed by atoms with Crippen LogP contribution < -0.4 is 10.6 Å². The number of rotatable bonds is 3. The molecule has 0 aliphatic heterocycles. The van der Waals surface area contributed by atoms with Crippen molar-refractivity contribution in [3.05, 3.63) is 48.4 Å². The van der Waals surface area contributed by atoms with E-state index in [1.54, 1.807) is 24.4 Å². The van der Waals surface area contributed by atoms with Gasteiger partial charge in [0, 0.05) is 30.2 Å². The van der Waals surface area contributed by atoms with Gasteiger partial charge < -0.3 is 10.6 Å². The van der Waals surface area contributed by atoms with Crippen LogP contribution in [0.1, 0.15) is 6.92 Å². The van der Waals surface area contributed by atoms with Crippen LogP contribution in [0.25, 0.3) is 0 Å². The van der Waals surface area contributed by atoms with E-state index in [9.17, 15) is 4.39 Å². The Morgan fingerprint density at radius 1 is 1.18 bits per heavy atom. The molecule has 0 radical (unpaired) electrons. The zero-order valence-corrected chi connectivity index (χ0v) is 9.60. The highest BCUT2D eigenvalue weighted by atomic mass is 19.1. The Bertz CT molecular complexity index is 496. The lowest BCUT2D eigenvalue weighted by atomic mass is 10.2. The summed E-state index contributed by atoms with van der Waals surface area (Å²) in [6.45, 7) is 2.80. The molecule has 2 N–H and O–H groups in total. The minimum absolute atomic E-state index is 0.237. The molecule has 4 heteroatoms. The summed E-state index contributed by atoms with van der Waals surface area (Å²) in [4.78, 5) is 5.99. The van der Waals surface area contributed by atoms with Gasteiger partial charge in [-0.1, -0.05) is 0 Å². The molecule has 0 saturated carbocycles. The molecule has 2 rings (SSSR count). The number of nitrogens with zero attached hydrogens (tertiary/aromatic N) is 2. The smallest absolute Gasteiger partial charge is 0.125 e. The molecule has 3 nitrogen and oxygen atoms in total. The minimum atomic E-state index is -0.237. The Labute approximate surface area is 99.7 Å². The topological polar surface area (TPSA) is 42.2 Å². The molecular weight excluding hydrogens is 217 g/mol. The lowest BCUT2D eigenvalue weighted by Gasteiger charge is -2.23. The van der Waals surface area contributed by atoms with Crippen molar-refractivity contribution in [3.8, 4) is 0 Å². The predicted molar refractivity (Wildman–Crippen MR) is 67.7 cm³/mol. The number of benzene rings is 1. The Morgan fingerprint density at radius 3 is 2.47 bits per heavy atom. The molecule has 88 valence electrons. The fourth-order valence-electron chi connectivity index (χ4n) is 1.74. The quantitative estimate of drug-likeness (QED) is 0.883. The monoisotopic (exact) mass is 231 g/mol. The van der Waals surface area contributed by atoms with Crippen molar-refractivity contribution >= 4 is 17.2 Å². The van der Waals surface area contributed by atoms with Gasteiger partial charge in [0.05, 0.1) is 0 Å². The summed E-state index contributed by atoms with van der Waals surface area (Å²) in [6, 6.07) is 10.1. The zero-order valence-electron chi connectivity index (χ0n) is 9.60. The van der Waals surface area contributed by atoms with Crippen LogP contribution in [0.3, 0.4) is 0 Å². The van der Waals surface area contributed by atoms with E-state index in [0.717, 1.165) is 17.9 Å². The van der Waals surface area contributed by atoms with Gasteiger partial charge in [-0.3, -0.25) is 0 Å². The van der Waals surface area contributed by atoms with Crippen LogP contribution in [0.5, 0.6) is 0 Å². The predicted octanol–water partition coefficient (Wildman–Crippen LogP) is 2.96. The van der Waals surface area contributed by atoms with Crippen molar-refractivity contribution in [1.82, 2.24) is 4.98 Å². The summed E-state index contributed by atoms with van der Waals surface area (Å²) < 4.78 is 12.9. The minimum Gasteiger partial charge on any atom is -0.384 e. The van der Waals surface area contributed by atoms with Crippen molar-refractivity contribution in [1.29, 1.82) is 0 Å². The highest BCUT2D eigenvalue weighted by Crippen LogP contribution is 2.25. The molecule has 0 amide bonds. The molecule has 0 aliphatic carbocycles. The molecular formula is C13H14FN3. The van der Waals surface area contributed by atoms with E-state index < -0.39 is 0 Å². The van der Waals surface area contributed by atoms with Crippen LogP contribution >= 0.6 is 0 Å². The summed E-state index contributed by atoms with van der Waals surface area (Å²) in [7, 11) is 0. The van der Waals surface area contributed by atoms with Crippen LogP contribution in [-0.2, 0) is 0 Å². The van der Waals surface area contributed by atoms with Gasteiger partial charge in [-0.15, -0.1) is 0 Å². The molecule has 0 bridgehead atoms. The summed E-state index contributed by atoms with van der Waals surface area (Å²) in [6.07, 6.45) is 1.66. The highest BCUT2D eigenvalue weighted by Gasteiger charge is 2.07. The molecule has 0 spiro atoms. The summed E-state index contributed by atoms with van der Waals surface area (Å²) in [5, 5.41) is 0. The fourth-order valence-corrected chi connectivity index (χ4v) is 1.74. The molecule has 1 aromatic carbocycles. The molecule has 0 saturated heterocycles. The van der Waals surface area contributed by atoms with Crippen molar-refractivity contribution in [2.24, 2.45) is 0 Å². The SMILES string of the molecule is CCN(c1ccc(F)cc1)c1ccnc(N)c1. The fraction of sp³-hybridized carbons (Fsp3) is 0.154. The van der Waals surface area contributed by atoms with Crippen LogP contribution in [0.15, 0.2) is 42.6 Å². The van der Waals surface area contributed by atoms with Gasteiger partial charge >= 0.3 is 0 Å². The largest absolute Gasteiger partial charge is 0.384 e. The molecule has 0 atom stereocenters. The lowest BCUT2D eigenvalue weighted by molar-refractivity contribution is 0.628. The third-order valence-electron chi connectivity index (χ3n) is 2.53. The first-order valence-electron chi connectivity index (χ1n) is 5.45. The number of hydrogen-bond acceptors (Lipinski definition) is 3. The molecule has 2 aromatic rings. The second-order valence-electron chi connectivity index (χ2n) is 3.66. The number of halogens is 1. The Hall–Kier alpha value is -2.10. The summed E-state index contributed by atoms with van der Waals surface area (Å²) in [5.74, 6) is 0.238. The molecule has 0 aliphatic rings. The van der Waals surface area contributed by atoms with Gasteiger partial charge in [0.15, 0.2) is 0 Å². The van der Waals surface area contributed by atoms with E-state index in [1.165, 1.54) is 12.1 Å². The third-order valence-corrected chi connectivity index (χ3v) is 2.53. The number of aromatic nitrogens is 1. The second-order valence-corrected chi connectivity index (χ2v) is 3.66. The molecule has 0 unspecified atom stereocenters. The molecule has 1 heterocycles. The zero-order chi connectivity index (χ0) is 12.3.